The number of nitrogens with one attached hydrogen (secondary N) is 1. The van der Waals surface area contributed by atoms with Gasteiger partial charge in [0.1, 0.15) is 0 Å². The van der Waals surface area contributed by atoms with Gasteiger partial charge in [-0.25, -0.2) is 0 Å². The van der Waals surface area contributed by atoms with E-state index in [4.69, 9.17) is 0 Å². The van der Waals surface area contributed by atoms with Crippen LogP contribution < -0.4 is 5.32 Å². The largest absolute Gasteiger partial charge is 0.457 e. The highest BCUT2D eigenvalue weighted by molar-refractivity contribution is 6.43. The Hall–Kier alpha value is -1.33. The lowest BCUT2D eigenvalue weighted by atomic mass is 9.64. The first kappa shape index (κ1) is 14.7. The van der Waals surface area contributed by atoms with Crippen LogP contribution in [-0.4, -0.2) is 23.1 Å². The summed E-state index contributed by atoms with van der Waals surface area (Å²) in [6.07, 6.45) is 1.46. The van der Waals surface area contributed by atoms with E-state index in [1.807, 2.05) is 37.3 Å². The van der Waals surface area contributed by atoms with Crippen molar-refractivity contribution in [1.29, 1.82) is 0 Å². The van der Waals surface area contributed by atoms with E-state index in [0.29, 0.717) is 6.42 Å². The van der Waals surface area contributed by atoms with E-state index in [0.717, 1.165) is 12.0 Å². The summed E-state index contributed by atoms with van der Waals surface area (Å²) in [7, 11) is -1.44. The van der Waals surface area contributed by atoms with Crippen LogP contribution in [0.1, 0.15) is 38.3 Å². The van der Waals surface area contributed by atoms with E-state index in [-0.39, 0.29) is 11.9 Å². The minimum absolute atomic E-state index is 0.175. The molecule has 0 bridgehead atoms. The summed E-state index contributed by atoms with van der Waals surface area (Å²) in [4.78, 5) is 11.3. The first-order valence-corrected chi connectivity index (χ1v) is 6.24. The van der Waals surface area contributed by atoms with Gasteiger partial charge in [0.2, 0.25) is 5.91 Å². The zero-order valence-electron chi connectivity index (χ0n) is 10.8. The predicted octanol–water partition coefficient (Wildman–Crippen LogP) is 1.51. The molecule has 1 amide bonds. The van der Waals surface area contributed by atoms with Crippen LogP contribution in [0.4, 0.5) is 0 Å². The molecule has 3 N–H and O–H groups in total. The molecule has 0 fully saturated rings. The Labute approximate surface area is 108 Å². The molecule has 2 atom stereocenters. The smallest absolute Gasteiger partial charge is 0.427 e. The molecule has 1 rings (SSSR count). The summed E-state index contributed by atoms with van der Waals surface area (Å²) in [5, 5.41) is 21.8. The average Bonchev–Trinajstić information content (AvgIpc) is 2.34. The molecule has 0 saturated carbocycles. The van der Waals surface area contributed by atoms with Gasteiger partial charge in [-0.05, 0) is 12.0 Å². The summed E-state index contributed by atoms with van der Waals surface area (Å²) in [5.41, 5.74) is 0.888. The van der Waals surface area contributed by atoms with Crippen LogP contribution in [0.5, 0.6) is 0 Å². The lowest BCUT2D eigenvalue weighted by Crippen LogP contribution is -2.36. The summed E-state index contributed by atoms with van der Waals surface area (Å²) >= 11 is 0. The molecule has 5 heteroatoms. The van der Waals surface area contributed by atoms with Gasteiger partial charge >= 0.3 is 7.12 Å². The molecule has 0 aliphatic carbocycles. The average molecular weight is 249 g/mol. The van der Waals surface area contributed by atoms with Crippen molar-refractivity contribution < 1.29 is 14.8 Å². The summed E-state index contributed by atoms with van der Waals surface area (Å²) in [6, 6.07) is 9.02. The number of rotatable bonds is 6. The van der Waals surface area contributed by atoms with Crippen molar-refractivity contribution >= 4 is 13.0 Å². The summed E-state index contributed by atoms with van der Waals surface area (Å²) in [5.74, 6) is -0.577. The third-order valence-electron chi connectivity index (χ3n) is 2.95. The Morgan fingerprint density at radius 2 is 1.94 bits per heavy atom. The fourth-order valence-electron chi connectivity index (χ4n) is 2.14. The van der Waals surface area contributed by atoms with Crippen LogP contribution in [0.3, 0.4) is 0 Å². The van der Waals surface area contributed by atoms with Crippen LogP contribution in [-0.2, 0) is 4.79 Å². The fourth-order valence-corrected chi connectivity index (χ4v) is 2.14. The first-order chi connectivity index (χ1) is 8.56. The second-order valence-corrected chi connectivity index (χ2v) is 4.46. The molecule has 0 radical (unpaired) electrons. The van der Waals surface area contributed by atoms with Gasteiger partial charge < -0.3 is 15.4 Å². The van der Waals surface area contributed by atoms with E-state index in [1.54, 1.807) is 0 Å². The molecule has 4 nitrogen and oxygen atoms in total. The highest BCUT2D eigenvalue weighted by Gasteiger charge is 2.32. The van der Waals surface area contributed by atoms with Gasteiger partial charge in [0, 0.05) is 12.7 Å². The maximum absolute atomic E-state index is 11.3. The van der Waals surface area contributed by atoms with E-state index < -0.39 is 12.9 Å². The van der Waals surface area contributed by atoms with Crippen LogP contribution in [0.25, 0.3) is 0 Å². The van der Waals surface area contributed by atoms with Crippen molar-refractivity contribution in [1.82, 2.24) is 5.32 Å². The van der Waals surface area contributed by atoms with E-state index in [2.05, 4.69) is 5.32 Å². The van der Waals surface area contributed by atoms with Crippen molar-refractivity contribution in [3.05, 3.63) is 35.9 Å². The molecular formula is C13H20BNO3. The van der Waals surface area contributed by atoms with Crippen LogP contribution in [0.15, 0.2) is 30.3 Å². The second-order valence-electron chi connectivity index (χ2n) is 4.46. The maximum Gasteiger partial charge on any atom is 0.457 e. The fraction of sp³-hybridized carbons (Fsp3) is 0.462. The standard InChI is InChI=1S/C13H20BNO3/c1-3-7-12(14(17)18)13(15-10(2)16)11-8-5-4-6-9-11/h4-6,8-9,12-13,17-18H,3,7H2,1-2H3,(H,15,16). The van der Waals surface area contributed by atoms with Gasteiger partial charge in [0.25, 0.3) is 0 Å². The molecule has 0 spiro atoms. The zero-order chi connectivity index (χ0) is 13.5. The number of benzene rings is 1. The Morgan fingerprint density at radius 3 is 2.39 bits per heavy atom. The Kier molecular flexibility index (Phi) is 5.88. The second kappa shape index (κ2) is 7.19. The number of amides is 1. The van der Waals surface area contributed by atoms with Crippen molar-refractivity contribution in [2.45, 2.75) is 38.5 Å². The normalized spacial score (nSPS) is 13.8. The van der Waals surface area contributed by atoms with Crippen molar-refractivity contribution in [3.8, 4) is 0 Å². The number of hydrogen-bond donors (Lipinski definition) is 3. The maximum atomic E-state index is 11.3. The Morgan fingerprint density at radius 1 is 1.33 bits per heavy atom. The molecule has 98 valence electrons. The van der Waals surface area contributed by atoms with Gasteiger partial charge in [-0.15, -0.1) is 0 Å². The van der Waals surface area contributed by atoms with Gasteiger partial charge in [0.05, 0.1) is 6.04 Å². The summed E-state index contributed by atoms with van der Waals surface area (Å²) in [6.45, 7) is 3.41. The summed E-state index contributed by atoms with van der Waals surface area (Å²) < 4.78 is 0. The van der Waals surface area contributed by atoms with E-state index in [1.165, 1.54) is 6.92 Å². The van der Waals surface area contributed by atoms with E-state index in [9.17, 15) is 14.8 Å². The molecule has 18 heavy (non-hydrogen) atoms. The van der Waals surface area contributed by atoms with Gasteiger partial charge in [-0.2, -0.15) is 0 Å². The lowest BCUT2D eigenvalue weighted by Gasteiger charge is -2.27. The molecule has 0 aliphatic heterocycles. The van der Waals surface area contributed by atoms with Gasteiger partial charge in [-0.3, -0.25) is 4.79 Å². The topological polar surface area (TPSA) is 69.6 Å². The molecule has 0 aliphatic rings. The van der Waals surface area contributed by atoms with Gasteiger partial charge in [0.15, 0.2) is 0 Å². The molecule has 0 aromatic heterocycles. The quantitative estimate of drug-likeness (QED) is 0.669. The van der Waals surface area contributed by atoms with E-state index >= 15 is 0 Å². The third kappa shape index (κ3) is 4.16. The zero-order valence-corrected chi connectivity index (χ0v) is 10.8. The van der Waals surface area contributed by atoms with Crippen LogP contribution >= 0.6 is 0 Å². The van der Waals surface area contributed by atoms with Gasteiger partial charge in [-0.1, -0.05) is 43.7 Å². The van der Waals surface area contributed by atoms with Crippen LogP contribution in [0.2, 0.25) is 5.82 Å². The van der Waals surface area contributed by atoms with Crippen LogP contribution in [0, 0.1) is 0 Å². The number of hydrogen-bond acceptors (Lipinski definition) is 3. The molecule has 0 heterocycles. The molecular weight excluding hydrogens is 229 g/mol. The van der Waals surface area contributed by atoms with Crippen molar-refractivity contribution in [2.24, 2.45) is 0 Å². The minimum atomic E-state index is -1.44. The number of carbonyl (C=O) groups excluding carboxylic acids is 1. The SMILES string of the molecule is CCCC(B(O)O)C(NC(C)=O)c1ccccc1. The van der Waals surface area contributed by atoms with Crippen molar-refractivity contribution in [2.75, 3.05) is 0 Å². The minimum Gasteiger partial charge on any atom is -0.427 e. The molecule has 2 unspecified atom stereocenters. The highest BCUT2D eigenvalue weighted by atomic mass is 16.4. The Balaban J connectivity index is 2.99. The lowest BCUT2D eigenvalue weighted by molar-refractivity contribution is -0.119. The Bertz CT molecular complexity index is 370. The number of carbonyl (C=O) groups is 1. The van der Waals surface area contributed by atoms with Crippen molar-refractivity contribution in [3.63, 3.8) is 0 Å². The first-order valence-electron chi connectivity index (χ1n) is 6.24. The molecule has 1 aromatic carbocycles. The molecule has 0 saturated heterocycles. The highest BCUT2D eigenvalue weighted by Crippen LogP contribution is 2.32. The monoisotopic (exact) mass is 249 g/mol. The third-order valence-corrected chi connectivity index (χ3v) is 2.95. The predicted molar refractivity (Wildman–Crippen MR) is 71.8 cm³/mol. The molecule has 1 aromatic rings.